The first-order valence-corrected chi connectivity index (χ1v) is 6.67. The van der Waals surface area contributed by atoms with E-state index in [4.69, 9.17) is 0 Å². The number of carbonyl (C=O) groups is 2. The van der Waals surface area contributed by atoms with Gasteiger partial charge in [0, 0.05) is 28.9 Å². The molecule has 5 heteroatoms. The molecule has 5 nitrogen and oxygen atoms in total. The van der Waals surface area contributed by atoms with Crippen LogP contribution in [-0.2, 0) is 9.59 Å². The Morgan fingerprint density at radius 3 is 2.57 bits per heavy atom. The van der Waals surface area contributed by atoms with Crippen LogP contribution >= 0.6 is 0 Å². The first-order chi connectivity index (χ1) is 9.80. The van der Waals surface area contributed by atoms with E-state index in [1.54, 1.807) is 51.4 Å². The second-order valence-electron chi connectivity index (χ2n) is 6.03. The van der Waals surface area contributed by atoms with Gasteiger partial charge in [-0.15, -0.1) is 0 Å². The number of aromatic nitrogens is 1. The van der Waals surface area contributed by atoms with Crippen LogP contribution in [0.4, 0.5) is 5.69 Å². The van der Waals surface area contributed by atoms with Crippen LogP contribution < -0.4 is 5.32 Å². The molecular weight excluding hydrogens is 268 g/mol. The third kappa shape index (κ3) is 3.18. The summed E-state index contributed by atoms with van der Waals surface area (Å²) in [5.41, 5.74) is -0.0717. The largest absolute Gasteiger partial charge is 0.481 e. The number of hydrogen-bond donors (Lipinski definition) is 2. The second-order valence-corrected chi connectivity index (χ2v) is 6.03. The van der Waals surface area contributed by atoms with Crippen LogP contribution in [0.5, 0.6) is 0 Å². The minimum atomic E-state index is -1.12. The second kappa shape index (κ2) is 5.52. The summed E-state index contributed by atoms with van der Waals surface area (Å²) in [6.45, 7) is 5.20. The highest BCUT2D eigenvalue weighted by Gasteiger charge is 2.37. The van der Waals surface area contributed by atoms with E-state index in [1.807, 2.05) is 6.07 Å². The molecule has 1 heterocycles. The van der Waals surface area contributed by atoms with E-state index in [-0.39, 0.29) is 0 Å². The molecule has 0 fully saturated rings. The lowest BCUT2D eigenvalue weighted by molar-refractivity contribution is -0.149. The minimum absolute atomic E-state index is 0.515. The molecule has 0 aliphatic heterocycles. The number of hydrogen-bond acceptors (Lipinski definition) is 3. The van der Waals surface area contributed by atoms with Gasteiger partial charge >= 0.3 is 5.97 Å². The molecule has 1 unspecified atom stereocenters. The molecule has 0 aliphatic carbocycles. The smallest absolute Gasteiger partial charge is 0.316 e. The highest BCUT2D eigenvalue weighted by atomic mass is 16.4. The SMILES string of the molecule is CC(C)(C)C(C(=O)O)C(=O)Nc1cccc2cnccc12. The van der Waals surface area contributed by atoms with E-state index < -0.39 is 23.2 Å². The molecule has 1 aromatic heterocycles. The topological polar surface area (TPSA) is 79.3 Å². The fourth-order valence-electron chi connectivity index (χ4n) is 2.31. The zero-order valence-corrected chi connectivity index (χ0v) is 12.3. The third-order valence-electron chi connectivity index (χ3n) is 3.31. The number of nitrogens with one attached hydrogen (secondary N) is 1. The number of nitrogens with zero attached hydrogens (tertiary/aromatic N) is 1. The predicted molar refractivity (Wildman–Crippen MR) is 81.0 cm³/mol. The van der Waals surface area contributed by atoms with Crippen LogP contribution in [0.1, 0.15) is 20.8 Å². The molecule has 2 rings (SSSR count). The van der Waals surface area contributed by atoms with Crippen molar-refractivity contribution in [3.8, 4) is 0 Å². The molecule has 1 atom stereocenters. The van der Waals surface area contributed by atoms with Gasteiger partial charge in [-0.25, -0.2) is 0 Å². The quantitative estimate of drug-likeness (QED) is 0.850. The van der Waals surface area contributed by atoms with Gasteiger partial charge in [0.15, 0.2) is 0 Å². The lowest BCUT2D eigenvalue weighted by Gasteiger charge is -2.26. The number of amides is 1. The van der Waals surface area contributed by atoms with Gasteiger partial charge in [-0.1, -0.05) is 32.9 Å². The molecule has 1 aromatic carbocycles. The van der Waals surface area contributed by atoms with Crippen LogP contribution in [-0.4, -0.2) is 22.0 Å². The van der Waals surface area contributed by atoms with Crippen LogP contribution in [0.3, 0.4) is 0 Å². The fourth-order valence-corrected chi connectivity index (χ4v) is 2.31. The monoisotopic (exact) mass is 286 g/mol. The Bertz CT molecular complexity index is 684. The summed E-state index contributed by atoms with van der Waals surface area (Å²) in [7, 11) is 0. The van der Waals surface area contributed by atoms with Gasteiger partial charge < -0.3 is 10.4 Å². The van der Waals surface area contributed by atoms with Crippen molar-refractivity contribution in [2.75, 3.05) is 5.32 Å². The van der Waals surface area contributed by atoms with Crippen molar-refractivity contribution in [3.05, 3.63) is 36.7 Å². The van der Waals surface area contributed by atoms with Gasteiger partial charge in [0.25, 0.3) is 0 Å². The minimum Gasteiger partial charge on any atom is -0.481 e. The van der Waals surface area contributed by atoms with Crippen LogP contribution in [0.2, 0.25) is 0 Å². The normalized spacial score (nSPS) is 12.9. The zero-order chi connectivity index (χ0) is 15.6. The molecule has 1 amide bonds. The van der Waals surface area contributed by atoms with Gasteiger partial charge in [-0.05, 0) is 17.5 Å². The summed E-state index contributed by atoms with van der Waals surface area (Å²) in [5, 5.41) is 13.7. The summed E-state index contributed by atoms with van der Waals surface area (Å²) in [6, 6.07) is 7.22. The van der Waals surface area contributed by atoms with E-state index in [9.17, 15) is 14.7 Å². The maximum atomic E-state index is 12.3. The first kappa shape index (κ1) is 15.0. The first-order valence-electron chi connectivity index (χ1n) is 6.67. The molecule has 2 N–H and O–H groups in total. The molecule has 0 aliphatic rings. The molecule has 21 heavy (non-hydrogen) atoms. The highest BCUT2D eigenvalue weighted by molar-refractivity contribution is 6.08. The Kier molecular flexibility index (Phi) is 3.93. The zero-order valence-electron chi connectivity index (χ0n) is 12.3. The Balaban J connectivity index is 2.35. The van der Waals surface area contributed by atoms with Crippen molar-refractivity contribution < 1.29 is 14.7 Å². The van der Waals surface area contributed by atoms with Gasteiger partial charge in [0.1, 0.15) is 5.92 Å². The number of aliphatic carboxylic acids is 1. The van der Waals surface area contributed by atoms with Gasteiger partial charge in [0.2, 0.25) is 5.91 Å². The number of anilines is 1. The Morgan fingerprint density at radius 2 is 1.95 bits per heavy atom. The lowest BCUT2D eigenvalue weighted by atomic mass is 9.80. The maximum Gasteiger partial charge on any atom is 0.316 e. The van der Waals surface area contributed by atoms with Crippen molar-refractivity contribution >= 4 is 28.3 Å². The molecule has 0 bridgehead atoms. The van der Waals surface area contributed by atoms with E-state index >= 15 is 0 Å². The number of carboxylic acids is 1. The number of benzene rings is 1. The Morgan fingerprint density at radius 1 is 1.24 bits per heavy atom. The molecule has 0 saturated carbocycles. The van der Waals surface area contributed by atoms with Gasteiger partial charge in [0.05, 0.1) is 0 Å². The standard InChI is InChI=1S/C16H18N2O3/c1-16(2,3)13(15(20)21)14(19)18-12-6-4-5-10-9-17-8-7-11(10)12/h4-9,13H,1-3H3,(H,18,19)(H,20,21). The number of fused-ring (bicyclic) bond motifs is 1. The summed E-state index contributed by atoms with van der Waals surface area (Å²) < 4.78 is 0. The van der Waals surface area contributed by atoms with Crippen LogP contribution in [0, 0.1) is 11.3 Å². The molecule has 110 valence electrons. The maximum absolute atomic E-state index is 12.3. The van der Waals surface area contributed by atoms with Crippen molar-refractivity contribution in [3.63, 3.8) is 0 Å². The number of rotatable bonds is 3. The van der Waals surface area contributed by atoms with Crippen molar-refractivity contribution in [1.29, 1.82) is 0 Å². The van der Waals surface area contributed by atoms with Crippen molar-refractivity contribution in [2.45, 2.75) is 20.8 Å². The number of pyridine rings is 1. The third-order valence-corrected chi connectivity index (χ3v) is 3.31. The summed E-state index contributed by atoms with van der Waals surface area (Å²) in [4.78, 5) is 27.7. The Hall–Kier alpha value is -2.43. The molecule has 0 saturated heterocycles. The molecule has 2 aromatic rings. The highest BCUT2D eigenvalue weighted by Crippen LogP contribution is 2.29. The summed E-state index contributed by atoms with van der Waals surface area (Å²) in [6.07, 6.45) is 3.33. The Labute approximate surface area is 123 Å². The van der Waals surface area contributed by atoms with E-state index in [2.05, 4.69) is 10.3 Å². The molecular formula is C16H18N2O3. The van der Waals surface area contributed by atoms with Crippen LogP contribution in [0.25, 0.3) is 10.8 Å². The average Bonchev–Trinajstić information content (AvgIpc) is 2.37. The van der Waals surface area contributed by atoms with E-state index in [0.29, 0.717) is 5.69 Å². The fraction of sp³-hybridized carbons (Fsp3) is 0.312. The average molecular weight is 286 g/mol. The van der Waals surface area contributed by atoms with E-state index in [1.165, 1.54) is 0 Å². The number of carboxylic acid groups (broad SMARTS) is 1. The van der Waals surface area contributed by atoms with Gasteiger partial charge in [-0.2, -0.15) is 0 Å². The summed E-state index contributed by atoms with van der Waals surface area (Å²) >= 11 is 0. The van der Waals surface area contributed by atoms with Crippen molar-refractivity contribution in [1.82, 2.24) is 4.98 Å². The predicted octanol–water partition coefficient (Wildman–Crippen LogP) is 2.92. The van der Waals surface area contributed by atoms with Crippen LogP contribution in [0.15, 0.2) is 36.7 Å². The van der Waals surface area contributed by atoms with Gasteiger partial charge in [-0.3, -0.25) is 14.6 Å². The molecule has 0 radical (unpaired) electrons. The summed E-state index contributed by atoms with van der Waals surface area (Å²) in [5.74, 6) is -2.75. The van der Waals surface area contributed by atoms with E-state index in [0.717, 1.165) is 10.8 Å². The lowest BCUT2D eigenvalue weighted by Crippen LogP contribution is -2.39. The molecule has 0 spiro atoms. The number of carbonyl (C=O) groups excluding carboxylic acids is 1. The van der Waals surface area contributed by atoms with Crippen molar-refractivity contribution in [2.24, 2.45) is 11.3 Å².